The van der Waals surface area contributed by atoms with Crippen LogP contribution in [0.3, 0.4) is 0 Å². The maximum Gasteiger partial charge on any atom is 0.137 e. The van der Waals surface area contributed by atoms with Crippen LogP contribution >= 0.6 is 0 Å². The molecule has 0 spiro atoms. The van der Waals surface area contributed by atoms with Crippen LogP contribution in [0.25, 0.3) is 10.4 Å². The van der Waals surface area contributed by atoms with E-state index in [1.807, 2.05) is 36.4 Å². The van der Waals surface area contributed by atoms with Crippen LogP contribution in [0.5, 0.6) is 11.5 Å². The fraction of sp³-hybridized carbons (Fsp3) is 0.294. The molecule has 0 aliphatic carbocycles. The summed E-state index contributed by atoms with van der Waals surface area (Å²) >= 11 is 0. The molecule has 2 bridgehead atoms. The van der Waals surface area contributed by atoms with Gasteiger partial charge in [-0.1, -0.05) is 5.11 Å². The number of hydrogen-bond acceptors (Lipinski definition) is 5. The van der Waals surface area contributed by atoms with Gasteiger partial charge in [-0.2, -0.15) is 0 Å². The minimum absolute atomic E-state index is 0.399. The Kier molecular flexibility index (Phi) is 3.36. The average Bonchev–Trinajstić information content (AvgIpc) is 2.63. The number of fused-ring (bicyclic) bond motifs is 6. The zero-order valence-electron chi connectivity index (χ0n) is 13.5. The molecule has 0 N–H and O–H groups in total. The Morgan fingerprint density at radius 2 is 1.79 bits per heavy atom. The van der Waals surface area contributed by atoms with Crippen molar-refractivity contribution in [1.29, 1.82) is 0 Å². The van der Waals surface area contributed by atoms with Gasteiger partial charge in [-0.15, -0.1) is 0 Å². The quantitative estimate of drug-likeness (QED) is 0.489. The Labute approximate surface area is 139 Å². The van der Waals surface area contributed by atoms with Gasteiger partial charge < -0.3 is 19.3 Å². The van der Waals surface area contributed by atoms with E-state index in [9.17, 15) is 0 Å². The van der Waals surface area contributed by atoms with Gasteiger partial charge in [0.2, 0.25) is 0 Å². The van der Waals surface area contributed by atoms with E-state index >= 15 is 0 Å². The van der Waals surface area contributed by atoms with Gasteiger partial charge in [0, 0.05) is 28.4 Å². The largest absolute Gasteiger partial charge is 0.497 e. The molecule has 7 heteroatoms. The number of rotatable bonds is 3. The minimum atomic E-state index is -0.399. The van der Waals surface area contributed by atoms with E-state index in [1.54, 1.807) is 14.2 Å². The summed E-state index contributed by atoms with van der Waals surface area (Å²) in [7, 11) is 3.30. The fourth-order valence-corrected chi connectivity index (χ4v) is 3.48. The Morgan fingerprint density at radius 3 is 2.50 bits per heavy atom. The van der Waals surface area contributed by atoms with Gasteiger partial charge in [-0.05, 0) is 47.5 Å². The summed E-state index contributed by atoms with van der Waals surface area (Å²) in [6.45, 7) is 1.47. The van der Waals surface area contributed by atoms with Gasteiger partial charge in [0.1, 0.15) is 17.7 Å². The van der Waals surface area contributed by atoms with Gasteiger partial charge in [-0.25, -0.2) is 0 Å². The maximum absolute atomic E-state index is 9.06. The highest BCUT2D eigenvalue weighted by molar-refractivity contribution is 5.70. The Balaban J connectivity index is 1.88. The molecule has 7 nitrogen and oxygen atoms in total. The molecule has 2 aromatic carbocycles. The van der Waals surface area contributed by atoms with Crippen LogP contribution < -0.4 is 19.3 Å². The van der Waals surface area contributed by atoms with Crippen molar-refractivity contribution >= 4 is 11.4 Å². The molecule has 0 saturated heterocycles. The molecule has 0 amide bonds. The van der Waals surface area contributed by atoms with Crippen molar-refractivity contribution in [3.05, 3.63) is 58.0 Å². The van der Waals surface area contributed by atoms with Crippen LogP contribution in [0.15, 0.2) is 41.5 Å². The molecule has 2 aliphatic heterocycles. The number of azide groups is 1. The lowest BCUT2D eigenvalue weighted by molar-refractivity contribution is 0.412. The van der Waals surface area contributed by atoms with Crippen LogP contribution in [0.2, 0.25) is 0 Å². The van der Waals surface area contributed by atoms with Crippen molar-refractivity contribution in [3.8, 4) is 11.5 Å². The lowest BCUT2D eigenvalue weighted by Gasteiger charge is -2.47. The third-order valence-electron chi connectivity index (χ3n) is 4.59. The Bertz CT molecular complexity index is 847. The SMILES string of the molecule is COc1ccc2c(c1)CN1CN2[C@@H](N=[N+]=[N-])c2cc(OC)ccc21. The predicted molar refractivity (Wildman–Crippen MR) is 91.4 cm³/mol. The summed E-state index contributed by atoms with van der Waals surface area (Å²) in [4.78, 5) is 7.44. The first-order valence-corrected chi connectivity index (χ1v) is 7.66. The molecule has 24 heavy (non-hydrogen) atoms. The van der Waals surface area contributed by atoms with Crippen molar-refractivity contribution in [2.24, 2.45) is 5.11 Å². The normalized spacial score (nSPS) is 17.5. The molecule has 122 valence electrons. The summed E-state index contributed by atoms with van der Waals surface area (Å²) in [5, 5.41) is 4.06. The van der Waals surface area contributed by atoms with E-state index in [0.717, 1.165) is 40.5 Å². The number of ether oxygens (including phenoxy) is 2. The number of nitrogens with zero attached hydrogens (tertiary/aromatic N) is 5. The van der Waals surface area contributed by atoms with Gasteiger partial charge in [0.05, 0.1) is 20.9 Å². The van der Waals surface area contributed by atoms with E-state index in [-0.39, 0.29) is 0 Å². The molecule has 1 atom stereocenters. The van der Waals surface area contributed by atoms with Crippen LogP contribution in [0.4, 0.5) is 11.4 Å². The van der Waals surface area contributed by atoms with E-state index in [4.69, 9.17) is 15.0 Å². The summed E-state index contributed by atoms with van der Waals surface area (Å²) in [6.07, 6.45) is -0.399. The highest BCUT2D eigenvalue weighted by atomic mass is 16.5. The smallest absolute Gasteiger partial charge is 0.137 e. The average molecular weight is 323 g/mol. The highest BCUT2D eigenvalue weighted by Crippen LogP contribution is 2.46. The summed E-state index contributed by atoms with van der Waals surface area (Å²) < 4.78 is 10.7. The second-order valence-electron chi connectivity index (χ2n) is 5.81. The van der Waals surface area contributed by atoms with Crippen LogP contribution in [0.1, 0.15) is 17.3 Å². The molecule has 0 radical (unpaired) electrons. The molecule has 0 unspecified atom stereocenters. The zero-order valence-corrected chi connectivity index (χ0v) is 13.5. The third kappa shape index (κ3) is 2.10. The zero-order chi connectivity index (χ0) is 16.7. The fourth-order valence-electron chi connectivity index (χ4n) is 3.48. The van der Waals surface area contributed by atoms with Gasteiger partial charge >= 0.3 is 0 Å². The molecule has 2 heterocycles. The third-order valence-corrected chi connectivity index (χ3v) is 4.59. The molecule has 2 aromatic rings. The molecular formula is C17H17N5O2. The van der Waals surface area contributed by atoms with E-state index in [0.29, 0.717) is 6.67 Å². The van der Waals surface area contributed by atoms with Gasteiger partial charge in [0.15, 0.2) is 0 Å². The first kappa shape index (κ1) is 14.5. The number of anilines is 2. The molecule has 4 rings (SSSR count). The van der Waals surface area contributed by atoms with Crippen molar-refractivity contribution in [3.63, 3.8) is 0 Å². The summed E-state index contributed by atoms with van der Waals surface area (Å²) in [6, 6.07) is 11.9. The van der Waals surface area contributed by atoms with E-state index in [1.165, 1.54) is 0 Å². The van der Waals surface area contributed by atoms with Crippen molar-refractivity contribution < 1.29 is 9.47 Å². The van der Waals surface area contributed by atoms with Crippen molar-refractivity contribution in [2.45, 2.75) is 12.7 Å². The van der Waals surface area contributed by atoms with Crippen LogP contribution in [-0.2, 0) is 6.54 Å². The lowest BCUT2D eigenvalue weighted by Crippen LogP contribution is -2.48. The van der Waals surface area contributed by atoms with Crippen LogP contribution in [0, 0.1) is 0 Å². The van der Waals surface area contributed by atoms with Crippen LogP contribution in [-0.4, -0.2) is 20.9 Å². The summed E-state index contributed by atoms with van der Waals surface area (Å²) in [5.41, 5.74) is 13.3. The van der Waals surface area contributed by atoms with E-state index < -0.39 is 6.17 Å². The van der Waals surface area contributed by atoms with Gasteiger partial charge in [0.25, 0.3) is 0 Å². The second-order valence-corrected chi connectivity index (χ2v) is 5.81. The maximum atomic E-state index is 9.06. The Hall–Kier alpha value is -3.05. The van der Waals surface area contributed by atoms with Crippen molar-refractivity contribution in [2.75, 3.05) is 30.7 Å². The topological polar surface area (TPSA) is 73.7 Å². The molecule has 0 saturated carbocycles. The molecule has 2 aliphatic rings. The summed E-state index contributed by atoms with van der Waals surface area (Å²) in [5.74, 6) is 1.58. The molecular weight excluding hydrogens is 306 g/mol. The van der Waals surface area contributed by atoms with Gasteiger partial charge in [-0.3, -0.25) is 0 Å². The first-order valence-electron chi connectivity index (χ1n) is 7.66. The van der Waals surface area contributed by atoms with E-state index in [2.05, 4.69) is 19.8 Å². The molecule has 0 aromatic heterocycles. The monoisotopic (exact) mass is 323 g/mol. The minimum Gasteiger partial charge on any atom is -0.497 e. The number of hydrogen-bond donors (Lipinski definition) is 0. The standard InChI is InChI=1S/C17H17N5O2/c1-23-12-3-5-15-11(7-12)9-21-10-22(15)17(19-20-18)14-8-13(24-2)4-6-16(14)21/h3-8,17H,9-10H2,1-2H3/t17-/m1/s1. The number of benzene rings is 2. The Morgan fingerprint density at radius 1 is 1.08 bits per heavy atom. The second kappa shape index (κ2) is 5.54. The predicted octanol–water partition coefficient (Wildman–Crippen LogP) is 3.81. The lowest BCUT2D eigenvalue weighted by atomic mass is 9.99. The highest BCUT2D eigenvalue weighted by Gasteiger charge is 2.36. The number of methoxy groups -OCH3 is 2. The molecule has 0 fully saturated rings. The van der Waals surface area contributed by atoms with Crippen molar-refractivity contribution in [1.82, 2.24) is 0 Å². The first-order chi connectivity index (χ1) is 11.7.